The van der Waals surface area contributed by atoms with Crippen LogP contribution in [0.5, 0.6) is 11.5 Å². The number of phenols is 1. The Labute approximate surface area is 155 Å². The Balaban J connectivity index is 1.68. The van der Waals surface area contributed by atoms with E-state index in [9.17, 15) is 10.3 Å². The van der Waals surface area contributed by atoms with E-state index in [4.69, 9.17) is 9.15 Å². The third-order valence-electron chi connectivity index (χ3n) is 3.77. The molecule has 3 aromatic rings. The number of rotatable bonds is 8. The maximum atomic E-state index is 10.2. The Kier molecular flexibility index (Phi) is 6.01. The van der Waals surface area contributed by atoms with Gasteiger partial charge in [0.2, 0.25) is 0 Å². The minimum atomic E-state index is 0.00460. The van der Waals surface area contributed by atoms with Gasteiger partial charge in [-0.1, -0.05) is 42.4 Å². The zero-order valence-corrected chi connectivity index (χ0v) is 15.2. The van der Waals surface area contributed by atoms with Crippen molar-refractivity contribution in [3.05, 3.63) is 48.0 Å². The van der Waals surface area contributed by atoms with Crippen molar-refractivity contribution in [3.8, 4) is 11.5 Å². The number of phenolic OH excluding ortho intramolecular Hbond substituents is 1. The van der Waals surface area contributed by atoms with E-state index in [1.807, 2.05) is 24.3 Å². The average Bonchev–Trinajstić information content (AvgIpc) is 3.06. The van der Waals surface area contributed by atoms with Crippen LogP contribution < -0.4 is 4.74 Å². The van der Waals surface area contributed by atoms with Crippen LogP contribution in [0.4, 0.5) is 0 Å². The average molecular weight is 372 g/mol. The molecule has 0 aliphatic rings. The number of unbranched alkanes of at least 4 members (excludes halogenated alkanes) is 1. The van der Waals surface area contributed by atoms with Gasteiger partial charge < -0.3 is 19.5 Å². The zero-order valence-electron chi connectivity index (χ0n) is 14.4. The summed E-state index contributed by atoms with van der Waals surface area (Å²) in [4.78, 5) is 4.37. The lowest BCUT2D eigenvalue weighted by atomic mass is 10.1. The second kappa shape index (κ2) is 8.62. The van der Waals surface area contributed by atoms with Crippen molar-refractivity contribution in [2.24, 2.45) is 5.16 Å². The lowest BCUT2D eigenvalue weighted by Crippen LogP contribution is -2.05. The van der Waals surface area contributed by atoms with Crippen LogP contribution >= 0.6 is 11.8 Å². The van der Waals surface area contributed by atoms with Crippen LogP contribution in [0.3, 0.4) is 0 Å². The van der Waals surface area contributed by atoms with Crippen molar-refractivity contribution in [1.29, 1.82) is 0 Å². The first kappa shape index (κ1) is 18.1. The maximum Gasteiger partial charge on any atom is 0.257 e. The van der Waals surface area contributed by atoms with E-state index in [0.29, 0.717) is 40.2 Å². The second-order valence-corrected chi connectivity index (χ2v) is 6.59. The number of oxime groups is 1. The number of aromatic hydroxyl groups is 1. The summed E-state index contributed by atoms with van der Waals surface area (Å²) in [5.74, 6) is 0.890. The number of benzene rings is 2. The highest BCUT2D eigenvalue weighted by Crippen LogP contribution is 2.28. The van der Waals surface area contributed by atoms with Gasteiger partial charge in [0.1, 0.15) is 22.7 Å². The number of hydrogen-bond acceptors (Lipinski definition) is 7. The third kappa shape index (κ3) is 4.29. The van der Waals surface area contributed by atoms with Gasteiger partial charge in [0.25, 0.3) is 5.22 Å². The number of para-hydroxylation sites is 2. The molecule has 1 heterocycles. The van der Waals surface area contributed by atoms with Crippen molar-refractivity contribution in [2.75, 3.05) is 12.4 Å². The molecule has 0 bridgehead atoms. The first-order valence-corrected chi connectivity index (χ1v) is 9.35. The summed E-state index contributed by atoms with van der Waals surface area (Å²) in [5.41, 5.74) is 2.25. The van der Waals surface area contributed by atoms with E-state index >= 15 is 0 Å². The summed E-state index contributed by atoms with van der Waals surface area (Å²) in [6, 6.07) is 12.4. The fourth-order valence-electron chi connectivity index (χ4n) is 2.38. The van der Waals surface area contributed by atoms with Crippen molar-refractivity contribution in [3.63, 3.8) is 0 Å². The van der Waals surface area contributed by atoms with Crippen LogP contribution in [-0.4, -0.2) is 33.4 Å². The number of nitrogens with zero attached hydrogens (tertiary/aromatic N) is 2. The molecule has 1 aromatic heterocycles. The topological polar surface area (TPSA) is 88.1 Å². The van der Waals surface area contributed by atoms with Crippen molar-refractivity contribution in [1.82, 2.24) is 4.98 Å². The maximum absolute atomic E-state index is 10.2. The molecule has 136 valence electrons. The molecular formula is C19H20N2O4S. The van der Waals surface area contributed by atoms with Gasteiger partial charge in [-0.3, -0.25) is 0 Å². The van der Waals surface area contributed by atoms with Gasteiger partial charge in [0.05, 0.1) is 6.61 Å². The smallest absolute Gasteiger partial charge is 0.257 e. The Bertz CT molecular complexity index is 874. The van der Waals surface area contributed by atoms with E-state index in [-0.39, 0.29) is 5.75 Å². The highest BCUT2D eigenvalue weighted by Gasteiger charge is 2.14. The first-order valence-electron chi connectivity index (χ1n) is 8.36. The molecule has 2 N–H and O–H groups in total. The van der Waals surface area contributed by atoms with Crippen LogP contribution in [-0.2, 0) is 0 Å². The molecule has 0 spiro atoms. The van der Waals surface area contributed by atoms with Gasteiger partial charge in [-0.15, -0.1) is 0 Å². The fraction of sp³-hybridized carbons (Fsp3) is 0.263. The third-order valence-corrected chi connectivity index (χ3v) is 4.61. The number of thioether (sulfide) groups is 1. The largest absolute Gasteiger partial charge is 0.507 e. The van der Waals surface area contributed by atoms with Crippen LogP contribution in [0.2, 0.25) is 0 Å². The predicted molar refractivity (Wildman–Crippen MR) is 102 cm³/mol. The molecule has 6 nitrogen and oxygen atoms in total. The Morgan fingerprint density at radius 2 is 2.12 bits per heavy atom. The van der Waals surface area contributed by atoms with Crippen molar-refractivity contribution < 1.29 is 19.5 Å². The molecule has 0 amide bonds. The van der Waals surface area contributed by atoms with Gasteiger partial charge in [-0.05, 0) is 30.7 Å². The summed E-state index contributed by atoms with van der Waals surface area (Å²) in [6.07, 6.45) is 1.99. The highest BCUT2D eigenvalue weighted by atomic mass is 32.2. The lowest BCUT2D eigenvalue weighted by Gasteiger charge is -2.09. The van der Waals surface area contributed by atoms with Crippen LogP contribution in [0.15, 0.2) is 57.3 Å². The molecule has 0 saturated carbocycles. The zero-order chi connectivity index (χ0) is 18.4. The number of oxazole rings is 1. The minimum absolute atomic E-state index is 0.00460. The van der Waals surface area contributed by atoms with Gasteiger partial charge in [-0.2, -0.15) is 0 Å². The molecule has 0 atom stereocenters. The summed E-state index contributed by atoms with van der Waals surface area (Å²) >= 11 is 1.29. The summed E-state index contributed by atoms with van der Waals surface area (Å²) in [5, 5.41) is 23.4. The molecule has 0 fully saturated rings. The SMILES string of the molecule is CCCCOc1ccc(/C(CSc2nc3ccccc3o2)=N\O)c(O)c1. The molecule has 7 heteroatoms. The first-order chi connectivity index (χ1) is 12.7. The normalized spacial score (nSPS) is 11.8. The summed E-state index contributed by atoms with van der Waals surface area (Å²) < 4.78 is 11.2. The quantitative estimate of drug-likeness (QED) is 0.196. The highest BCUT2D eigenvalue weighted by molar-refractivity contribution is 7.99. The van der Waals surface area contributed by atoms with Crippen LogP contribution in [0.25, 0.3) is 11.1 Å². The van der Waals surface area contributed by atoms with E-state index < -0.39 is 0 Å². The van der Waals surface area contributed by atoms with Crippen LogP contribution in [0, 0.1) is 0 Å². The monoisotopic (exact) mass is 372 g/mol. The molecule has 3 rings (SSSR count). The second-order valence-electron chi connectivity index (χ2n) is 5.66. The molecule has 26 heavy (non-hydrogen) atoms. The van der Waals surface area contributed by atoms with E-state index in [1.54, 1.807) is 12.1 Å². The van der Waals surface area contributed by atoms with E-state index in [0.717, 1.165) is 18.4 Å². The van der Waals surface area contributed by atoms with Crippen molar-refractivity contribution in [2.45, 2.75) is 25.0 Å². The Morgan fingerprint density at radius 1 is 1.27 bits per heavy atom. The standard InChI is InChI=1S/C19H20N2O4S/c1-2-3-10-24-13-8-9-14(17(22)11-13)16(21-23)12-26-19-20-15-6-4-5-7-18(15)25-19/h4-9,11,22-23H,2-3,10,12H2,1H3/b21-16-. The Hall–Kier alpha value is -2.67. The van der Waals surface area contributed by atoms with E-state index in [2.05, 4.69) is 17.1 Å². The van der Waals surface area contributed by atoms with E-state index in [1.165, 1.54) is 17.8 Å². The molecule has 0 aliphatic carbocycles. The van der Waals surface area contributed by atoms with Gasteiger partial charge in [0, 0.05) is 17.4 Å². The number of aromatic nitrogens is 1. The lowest BCUT2D eigenvalue weighted by molar-refractivity contribution is 0.307. The summed E-state index contributed by atoms with van der Waals surface area (Å²) in [6.45, 7) is 2.69. The molecule has 0 aliphatic heterocycles. The fourth-order valence-corrected chi connectivity index (χ4v) is 3.17. The number of hydrogen-bond donors (Lipinski definition) is 2. The molecule has 0 unspecified atom stereocenters. The molecule has 0 radical (unpaired) electrons. The van der Waals surface area contributed by atoms with Crippen LogP contribution in [0.1, 0.15) is 25.3 Å². The molecule has 0 saturated heterocycles. The van der Waals surface area contributed by atoms with Crippen molar-refractivity contribution >= 4 is 28.6 Å². The molecule has 2 aromatic carbocycles. The minimum Gasteiger partial charge on any atom is -0.507 e. The summed E-state index contributed by atoms with van der Waals surface area (Å²) in [7, 11) is 0. The van der Waals surface area contributed by atoms with Gasteiger partial charge in [0.15, 0.2) is 5.58 Å². The Morgan fingerprint density at radius 3 is 2.85 bits per heavy atom. The number of fused-ring (bicyclic) bond motifs is 1. The predicted octanol–water partition coefficient (Wildman–Crippen LogP) is 4.68. The van der Waals surface area contributed by atoms with Gasteiger partial charge in [-0.25, -0.2) is 4.98 Å². The molecular weight excluding hydrogens is 352 g/mol. The number of ether oxygens (including phenoxy) is 1. The van der Waals surface area contributed by atoms with Gasteiger partial charge >= 0.3 is 0 Å².